The molecule has 136 valence electrons. The van der Waals surface area contributed by atoms with Crippen molar-refractivity contribution < 1.29 is 13.5 Å². The van der Waals surface area contributed by atoms with E-state index in [0.29, 0.717) is 25.0 Å². The fourth-order valence-electron chi connectivity index (χ4n) is 3.53. The zero-order valence-corrected chi connectivity index (χ0v) is 15.0. The van der Waals surface area contributed by atoms with Crippen LogP contribution in [0.2, 0.25) is 0 Å². The number of nitrogens with one attached hydrogen (secondary N) is 1. The monoisotopic (exact) mass is 362 g/mol. The minimum Gasteiger partial charge on any atom is -0.760 e. The molecular weight excluding hydrogens is 338 g/mol. The zero-order valence-electron chi connectivity index (χ0n) is 14.2. The van der Waals surface area contributed by atoms with E-state index in [1.54, 1.807) is 6.20 Å². The summed E-state index contributed by atoms with van der Waals surface area (Å²) < 4.78 is 31.5. The molecule has 1 aromatic heterocycles. The maximum Gasteiger partial charge on any atom is 0.119 e. The van der Waals surface area contributed by atoms with E-state index in [-0.39, 0.29) is 0 Å². The Kier molecular flexibility index (Phi) is 6.61. The van der Waals surface area contributed by atoms with Gasteiger partial charge in [-0.25, -0.2) is 9.40 Å². The van der Waals surface area contributed by atoms with E-state index in [2.05, 4.69) is 9.82 Å². The molecule has 3 atom stereocenters. The Labute approximate surface area is 151 Å². The molecule has 0 bridgehead atoms. The molecule has 1 heterocycles. The Morgan fingerprint density at radius 3 is 2.68 bits per heavy atom. The molecule has 6 nitrogen and oxygen atoms in total. The van der Waals surface area contributed by atoms with Gasteiger partial charge in [0.15, 0.2) is 0 Å². The molecule has 1 aromatic carbocycles. The van der Waals surface area contributed by atoms with Crippen LogP contribution in [-0.4, -0.2) is 31.7 Å². The molecular formula is C18H24N3O3S-. The van der Waals surface area contributed by atoms with Crippen LogP contribution in [0.1, 0.15) is 32.1 Å². The van der Waals surface area contributed by atoms with Crippen molar-refractivity contribution in [1.82, 2.24) is 14.5 Å². The molecule has 1 aliphatic rings. The highest BCUT2D eigenvalue weighted by Crippen LogP contribution is 2.32. The Hall–Kier alpha value is -1.70. The molecule has 0 aliphatic heterocycles. The second-order valence-corrected chi connectivity index (χ2v) is 7.24. The Morgan fingerprint density at radius 2 is 2.00 bits per heavy atom. The summed E-state index contributed by atoms with van der Waals surface area (Å²) in [5.74, 6) is 1.87. The molecule has 0 saturated heterocycles. The number of nitrogens with zero attached hydrogens (tertiary/aromatic N) is 2. The van der Waals surface area contributed by atoms with Crippen LogP contribution in [0.15, 0.2) is 42.7 Å². The predicted molar refractivity (Wildman–Crippen MR) is 96.0 cm³/mol. The molecule has 0 spiro atoms. The lowest BCUT2D eigenvalue weighted by Gasteiger charge is -2.31. The fourth-order valence-corrected chi connectivity index (χ4v) is 3.82. The van der Waals surface area contributed by atoms with Crippen molar-refractivity contribution in [1.29, 1.82) is 0 Å². The van der Waals surface area contributed by atoms with E-state index in [1.165, 1.54) is 12.8 Å². The van der Waals surface area contributed by atoms with E-state index < -0.39 is 11.3 Å². The maximum absolute atomic E-state index is 10.6. The second kappa shape index (κ2) is 9.12. The van der Waals surface area contributed by atoms with Crippen molar-refractivity contribution in [3.05, 3.63) is 42.7 Å². The van der Waals surface area contributed by atoms with Crippen LogP contribution < -0.4 is 9.46 Å². The summed E-state index contributed by atoms with van der Waals surface area (Å²) in [4.78, 5) is 0. The normalized spacial score (nSPS) is 21.8. The van der Waals surface area contributed by atoms with Crippen LogP contribution in [0.4, 0.5) is 0 Å². The lowest BCUT2D eigenvalue weighted by Crippen LogP contribution is -2.29. The van der Waals surface area contributed by atoms with Gasteiger partial charge in [-0.05, 0) is 55.0 Å². The van der Waals surface area contributed by atoms with Gasteiger partial charge in [0.25, 0.3) is 0 Å². The molecule has 3 rings (SSSR count). The van der Waals surface area contributed by atoms with Crippen molar-refractivity contribution in [3.8, 4) is 11.4 Å². The van der Waals surface area contributed by atoms with Crippen molar-refractivity contribution >= 4 is 11.3 Å². The van der Waals surface area contributed by atoms with E-state index in [0.717, 1.165) is 30.7 Å². The first-order valence-electron chi connectivity index (χ1n) is 8.78. The van der Waals surface area contributed by atoms with Gasteiger partial charge in [0.05, 0.1) is 12.3 Å². The van der Waals surface area contributed by atoms with Crippen molar-refractivity contribution in [3.63, 3.8) is 0 Å². The van der Waals surface area contributed by atoms with E-state index in [4.69, 9.17) is 4.74 Å². The minimum atomic E-state index is -2.17. The smallest absolute Gasteiger partial charge is 0.119 e. The lowest BCUT2D eigenvalue weighted by molar-refractivity contribution is 0.143. The van der Waals surface area contributed by atoms with Crippen LogP contribution in [0.3, 0.4) is 0 Å². The third kappa shape index (κ3) is 5.39. The van der Waals surface area contributed by atoms with Crippen LogP contribution in [0, 0.1) is 11.8 Å². The molecule has 1 saturated carbocycles. The van der Waals surface area contributed by atoms with Gasteiger partial charge in [-0.1, -0.05) is 19.3 Å². The summed E-state index contributed by atoms with van der Waals surface area (Å²) in [6, 6.07) is 9.82. The standard InChI is InChI=1S/C18H25N3O3S/c22-25(23)20-12-10-15-4-1-2-5-16(15)14-24-18-8-6-17(7-9-18)21-13-3-11-19-21/h3,6-9,11,13,15-16,20H,1-2,4-5,10,12,14H2,(H,22,23)/p-1. The summed E-state index contributed by atoms with van der Waals surface area (Å²) in [6.07, 6.45) is 9.29. The highest BCUT2D eigenvalue weighted by molar-refractivity contribution is 7.77. The quantitative estimate of drug-likeness (QED) is 0.732. The number of benzene rings is 1. The molecule has 7 heteroatoms. The summed E-state index contributed by atoms with van der Waals surface area (Å²) in [5.41, 5.74) is 1.00. The minimum absolute atomic E-state index is 0.487. The highest BCUT2D eigenvalue weighted by Gasteiger charge is 2.25. The summed E-state index contributed by atoms with van der Waals surface area (Å²) >= 11 is -2.17. The van der Waals surface area contributed by atoms with Crippen LogP contribution in [-0.2, 0) is 11.3 Å². The Morgan fingerprint density at radius 1 is 1.24 bits per heavy atom. The van der Waals surface area contributed by atoms with E-state index in [1.807, 2.05) is 41.2 Å². The van der Waals surface area contributed by atoms with Crippen LogP contribution in [0.5, 0.6) is 5.75 Å². The third-order valence-electron chi connectivity index (χ3n) is 4.87. The number of hydrogen-bond acceptors (Lipinski definition) is 4. The number of hydrogen-bond donors (Lipinski definition) is 1. The average molecular weight is 362 g/mol. The SMILES string of the molecule is O=S([O-])NCCC1CCCCC1COc1ccc(-n2cccn2)cc1. The van der Waals surface area contributed by atoms with Gasteiger partial charge in [0, 0.05) is 30.2 Å². The average Bonchev–Trinajstić information content (AvgIpc) is 3.16. The van der Waals surface area contributed by atoms with Gasteiger partial charge in [0.1, 0.15) is 5.75 Å². The number of rotatable bonds is 8. The number of aromatic nitrogens is 2. The lowest BCUT2D eigenvalue weighted by atomic mass is 9.78. The van der Waals surface area contributed by atoms with Gasteiger partial charge < -0.3 is 9.29 Å². The van der Waals surface area contributed by atoms with Gasteiger partial charge in [-0.3, -0.25) is 4.21 Å². The zero-order chi connectivity index (χ0) is 17.5. The van der Waals surface area contributed by atoms with E-state index >= 15 is 0 Å². The van der Waals surface area contributed by atoms with Crippen molar-refractivity contribution in [2.24, 2.45) is 11.8 Å². The maximum atomic E-state index is 10.6. The second-order valence-electron chi connectivity index (χ2n) is 6.48. The Bertz CT molecular complexity index is 661. The van der Waals surface area contributed by atoms with Gasteiger partial charge >= 0.3 is 0 Å². The van der Waals surface area contributed by atoms with E-state index in [9.17, 15) is 8.76 Å². The molecule has 3 unspecified atom stereocenters. The molecule has 1 N–H and O–H groups in total. The molecule has 25 heavy (non-hydrogen) atoms. The fraction of sp³-hybridized carbons (Fsp3) is 0.500. The van der Waals surface area contributed by atoms with Crippen LogP contribution >= 0.6 is 0 Å². The van der Waals surface area contributed by atoms with Crippen molar-refractivity contribution in [2.45, 2.75) is 32.1 Å². The third-order valence-corrected chi connectivity index (χ3v) is 5.31. The molecule has 2 aromatic rings. The first-order valence-corrected chi connectivity index (χ1v) is 9.85. The summed E-state index contributed by atoms with van der Waals surface area (Å²) in [5, 5.41) is 4.21. The molecule has 0 amide bonds. The summed E-state index contributed by atoms with van der Waals surface area (Å²) in [6.45, 7) is 1.20. The van der Waals surface area contributed by atoms with Crippen molar-refractivity contribution in [2.75, 3.05) is 13.2 Å². The van der Waals surface area contributed by atoms with Gasteiger partial charge in [-0.2, -0.15) is 5.10 Å². The summed E-state index contributed by atoms with van der Waals surface area (Å²) in [7, 11) is 0. The molecule has 1 fully saturated rings. The predicted octanol–water partition coefficient (Wildman–Crippen LogP) is 2.83. The van der Waals surface area contributed by atoms with Gasteiger partial charge in [0.2, 0.25) is 0 Å². The van der Waals surface area contributed by atoms with Crippen LogP contribution in [0.25, 0.3) is 5.69 Å². The Balaban J connectivity index is 1.51. The number of ether oxygens (including phenoxy) is 1. The topological polar surface area (TPSA) is 79.2 Å². The molecule has 0 radical (unpaired) electrons. The first-order chi connectivity index (χ1) is 12.2. The highest BCUT2D eigenvalue weighted by atomic mass is 32.2. The van der Waals surface area contributed by atoms with Gasteiger partial charge in [-0.15, -0.1) is 0 Å². The molecule has 1 aliphatic carbocycles. The first kappa shape index (κ1) is 18.1. The largest absolute Gasteiger partial charge is 0.760 e.